The lowest BCUT2D eigenvalue weighted by molar-refractivity contribution is -0.401. The first-order chi connectivity index (χ1) is 6.43. The Morgan fingerprint density at radius 2 is 1.86 bits per heavy atom. The SMILES string of the molecule is O=c1cc([N+](=O)[O-])n(O)cc1[N+](=O)[O-]. The molecule has 0 aliphatic heterocycles. The highest BCUT2D eigenvalue weighted by molar-refractivity contribution is 5.32. The van der Waals surface area contributed by atoms with Crippen molar-refractivity contribution in [2.24, 2.45) is 0 Å². The van der Waals surface area contributed by atoms with Crippen molar-refractivity contribution < 1.29 is 15.1 Å². The van der Waals surface area contributed by atoms with E-state index in [9.17, 15) is 25.0 Å². The minimum absolute atomic E-state index is 0.0838. The van der Waals surface area contributed by atoms with Crippen LogP contribution in [0.5, 0.6) is 0 Å². The quantitative estimate of drug-likeness (QED) is 0.404. The molecule has 9 heteroatoms. The predicted octanol–water partition coefficient (Wildman–Crippen LogP) is -0.0980. The van der Waals surface area contributed by atoms with E-state index in [1.54, 1.807) is 0 Å². The van der Waals surface area contributed by atoms with Gasteiger partial charge in [-0.15, -0.1) is 0 Å². The van der Waals surface area contributed by atoms with Crippen molar-refractivity contribution in [1.82, 2.24) is 4.73 Å². The molecule has 0 fully saturated rings. The van der Waals surface area contributed by atoms with Crippen LogP contribution in [-0.2, 0) is 0 Å². The summed E-state index contributed by atoms with van der Waals surface area (Å²) < 4.78 is -0.0838. The van der Waals surface area contributed by atoms with E-state index < -0.39 is 26.8 Å². The molecule has 0 atom stereocenters. The van der Waals surface area contributed by atoms with Crippen LogP contribution in [-0.4, -0.2) is 19.8 Å². The number of hydrogen-bond donors (Lipinski definition) is 1. The van der Waals surface area contributed by atoms with Crippen LogP contribution in [0.25, 0.3) is 0 Å². The topological polar surface area (TPSA) is 129 Å². The van der Waals surface area contributed by atoms with Crippen LogP contribution in [0.3, 0.4) is 0 Å². The van der Waals surface area contributed by atoms with Gasteiger partial charge in [-0.25, -0.2) is 0 Å². The van der Waals surface area contributed by atoms with Crippen LogP contribution >= 0.6 is 0 Å². The van der Waals surface area contributed by atoms with E-state index in [4.69, 9.17) is 5.21 Å². The van der Waals surface area contributed by atoms with E-state index in [1.807, 2.05) is 0 Å². The van der Waals surface area contributed by atoms with Crippen LogP contribution in [0, 0.1) is 20.2 Å². The maximum absolute atomic E-state index is 10.9. The molecule has 0 aliphatic rings. The zero-order valence-electron chi connectivity index (χ0n) is 6.48. The molecule has 0 bridgehead atoms. The molecule has 14 heavy (non-hydrogen) atoms. The van der Waals surface area contributed by atoms with Crippen molar-refractivity contribution in [3.63, 3.8) is 0 Å². The summed E-state index contributed by atoms with van der Waals surface area (Å²) in [6, 6.07) is 0.373. The second-order valence-electron chi connectivity index (χ2n) is 2.24. The highest BCUT2D eigenvalue weighted by Crippen LogP contribution is 2.10. The van der Waals surface area contributed by atoms with Crippen LogP contribution in [0.1, 0.15) is 0 Å². The molecule has 1 N–H and O–H groups in total. The van der Waals surface area contributed by atoms with E-state index in [2.05, 4.69) is 0 Å². The summed E-state index contributed by atoms with van der Waals surface area (Å²) in [6.07, 6.45) is 0.375. The Morgan fingerprint density at radius 3 is 2.29 bits per heavy atom. The summed E-state index contributed by atoms with van der Waals surface area (Å²) >= 11 is 0. The Morgan fingerprint density at radius 1 is 1.29 bits per heavy atom. The van der Waals surface area contributed by atoms with Gasteiger partial charge in [0.2, 0.25) is 6.20 Å². The van der Waals surface area contributed by atoms with Gasteiger partial charge in [0.05, 0.1) is 11.0 Å². The fraction of sp³-hybridized carbons (Fsp3) is 0. The number of hydrogen-bond acceptors (Lipinski definition) is 6. The zero-order chi connectivity index (χ0) is 10.9. The monoisotopic (exact) mass is 201 g/mol. The highest BCUT2D eigenvalue weighted by atomic mass is 16.6. The summed E-state index contributed by atoms with van der Waals surface area (Å²) in [7, 11) is 0. The largest absolute Gasteiger partial charge is 0.365 e. The van der Waals surface area contributed by atoms with Gasteiger partial charge in [-0.1, -0.05) is 0 Å². The third-order valence-electron chi connectivity index (χ3n) is 1.38. The molecular formula is C5H3N3O6. The molecule has 1 aromatic heterocycles. The fourth-order valence-corrected chi connectivity index (χ4v) is 0.776. The first-order valence-electron chi connectivity index (χ1n) is 3.18. The van der Waals surface area contributed by atoms with Gasteiger partial charge in [0, 0.05) is 0 Å². The van der Waals surface area contributed by atoms with E-state index >= 15 is 0 Å². The minimum Gasteiger partial charge on any atom is -0.358 e. The lowest BCUT2D eigenvalue weighted by Gasteiger charge is -1.96. The van der Waals surface area contributed by atoms with Crippen molar-refractivity contribution in [2.45, 2.75) is 0 Å². The molecule has 9 nitrogen and oxygen atoms in total. The van der Waals surface area contributed by atoms with Gasteiger partial charge in [-0.2, -0.15) is 0 Å². The summed E-state index contributed by atoms with van der Waals surface area (Å²) in [6.45, 7) is 0. The van der Waals surface area contributed by atoms with E-state index in [0.717, 1.165) is 0 Å². The molecule has 0 spiro atoms. The molecule has 0 unspecified atom stereocenters. The number of nitrogens with zero attached hydrogens (tertiary/aromatic N) is 3. The summed E-state index contributed by atoms with van der Waals surface area (Å²) in [5.41, 5.74) is -2.06. The van der Waals surface area contributed by atoms with Gasteiger partial charge in [-0.3, -0.25) is 14.9 Å². The van der Waals surface area contributed by atoms with Crippen molar-refractivity contribution >= 4 is 11.5 Å². The van der Waals surface area contributed by atoms with Crippen LogP contribution in [0.4, 0.5) is 11.5 Å². The average molecular weight is 201 g/mol. The molecule has 0 amide bonds. The van der Waals surface area contributed by atoms with Gasteiger partial charge in [0.25, 0.3) is 5.43 Å². The molecule has 0 saturated carbocycles. The second-order valence-corrected chi connectivity index (χ2v) is 2.24. The molecule has 0 aromatic carbocycles. The van der Waals surface area contributed by atoms with Crippen LogP contribution in [0.2, 0.25) is 0 Å². The van der Waals surface area contributed by atoms with Gasteiger partial charge < -0.3 is 15.3 Å². The molecule has 1 heterocycles. The normalized spacial score (nSPS) is 9.71. The van der Waals surface area contributed by atoms with Crippen molar-refractivity contribution in [2.75, 3.05) is 0 Å². The molecule has 0 radical (unpaired) electrons. The fourth-order valence-electron chi connectivity index (χ4n) is 0.776. The lowest BCUT2D eigenvalue weighted by Crippen LogP contribution is -2.13. The Bertz CT molecular complexity index is 463. The zero-order valence-corrected chi connectivity index (χ0v) is 6.48. The Labute approximate surface area is 75.1 Å². The smallest absolute Gasteiger partial charge is 0.358 e. The first-order valence-corrected chi connectivity index (χ1v) is 3.18. The van der Waals surface area contributed by atoms with Crippen molar-refractivity contribution in [3.05, 3.63) is 42.7 Å². The van der Waals surface area contributed by atoms with Gasteiger partial charge in [0.15, 0.2) is 0 Å². The number of pyridine rings is 1. The molecular weight excluding hydrogens is 198 g/mol. The predicted molar refractivity (Wildman–Crippen MR) is 41.2 cm³/mol. The van der Waals surface area contributed by atoms with Crippen LogP contribution < -0.4 is 5.43 Å². The lowest BCUT2D eigenvalue weighted by atomic mass is 10.4. The Kier molecular flexibility index (Phi) is 2.15. The Balaban J connectivity index is 3.46. The van der Waals surface area contributed by atoms with Crippen LogP contribution in [0.15, 0.2) is 17.1 Å². The Hall–Kier alpha value is -2.45. The van der Waals surface area contributed by atoms with E-state index in [1.165, 1.54) is 0 Å². The maximum Gasteiger partial charge on any atom is 0.365 e. The maximum atomic E-state index is 10.9. The number of rotatable bonds is 2. The third-order valence-corrected chi connectivity index (χ3v) is 1.38. The van der Waals surface area contributed by atoms with Gasteiger partial charge >= 0.3 is 11.5 Å². The number of nitro groups is 2. The highest BCUT2D eigenvalue weighted by Gasteiger charge is 2.21. The van der Waals surface area contributed by atoms with Gasteiger partial charge in [0.1, 0.15) is 0 Å². The standard InChI is InChI=1S/C5H3N3O6/c9-4-1-5(8(13)14)6(10)2-3(4)7(11)12/h1-2,10H. The van der Waals surface area contributed by atoms with Crippen molar-refractivity contribution in [1.29, 1.82) is 0 Å². The molecule has 74 valence electrons. The minimum atomic E-state index is -1.13. The molecule has 0 aliphatic carbocycles. The summed E-state index contributed by atoms with van der Waals surface area (Å²) in [4.78, 5) is 29.1. The van der Waals surface area contributed by atoms with E-state index in [-0.39, 0.29) is 4.73 Å². The van der Waals surface area contributed by atoms with E-state index in [0.29, 0.717) is 12.3 Å². The summed E-state index contributed by atoms with van der Waals surface area (Å²) in [5.74, 6) is -0.930. The first kappa shape index (κ1) is 9.64. The molecule has 1 rings (SSSR count). The van der Waals surface area contributed by atoms with Gasteiger partial charge in [-0.05, 0) is 9.65 Å². The number of aromatic nitrogens is 1. The van der Waals surface area contributed by atoms with Crippen molar-refractivity contribution in [3.8, 4) is 0 Å². The molecule has 0 saturated heterocycles. The average Bonchev–Trinajstić information content (AvgIpc) is 2.07. The molecule has 1 aromatic rings. The summed E-state index contributed by atoms with van der Waals surface area (Å²) in [5, 5.41) is 29.2. The third kappa shape index (κ3) is 1.50. The second kappa shape index (κ2) is 3.12.